The third-order valence-corrected chi connectivity index (χ3v) is 2.15. The maximum atomic E-state index is 13.4. The summed E-state index contributed by atoms with van der Waals surface area (Å²) in [6.07, 6.45) is 3.05. The molecule has 5 heteroatoms. The molecule has 4 nitrogen and oxygen atoms in total. The molecule has 1 amide bonds. The molecule has 86 valence electrons. The number of hydrogen-bond acceptors (Lipinski definition) is 3. The van der Waals surface area contributed by atoms with Crippen LogP contribution in [0.2, 0.25) is 0 Å². The number of carbonyl (C=O) groups is 1. The minimum Gasteiger partial charge on any atom is -0.399 e. The van der Waals surface area contributed by atoms with Gasteiger partial charge in [-0.25, -0.2) is 4.39 Å². The molecular weight excluding hydrogens is 221 g/mol. The Balaban J connectivity index is 2.23. The summed E-state index contributed by atoms with van der Waals surface area (Å²) in [5.74, 6) is -1.16. The number of benzene rings is 1. The van der Waals surface area contributed by atoms with E-state index in [9.17, 15) is 9.18 Å². The van der Waals surface area contributed by atoms with E-state index in [1.807, 2.05) is 0 Å². The number of nitrogens with two attached hydrogens (primary N) is 1. The molecule has 1 aromatic heterocycles. The van der Waals surface area contributed by atoms with E-state index in [4.69, 9.17) is 5.73 Å². The zero-order chi connectivity index (χ0) is 12.3. The zero-order valence-corrected chi connectivity index (χ0v) is 8.85. The zero-order valence-electron chi connectivity index (χ0n) is 8.85. The SMILES string of the molecule is Nc1ccc(F)c(C(=O)Nc2cccnc2)c1. The Morgan fingerprint density at radius 2 is 2.18 bits per heavy atom. The minimum atomic E-state index is -0.611. The molecule has 0 atom stereocenters. The largest absolute Gasteiger partial charge is 0.399 e. The fourth-order valence-electron chi connectivity index (χ4n) is 1.35. The number of nitrogens with zero attached hydrogens (tertiary/aromatic N) is 1. The maximum Gasteiger partial charge on any atom is 0.258 e. The van der Waals surface area contributed by atoms with Crippen LogP contribution in [0.5, 0.6) is 0 Å². The second-order valence-corrected chi connectivity index (χ2v) is 3.44. The smallest absolute Gasteiger partial charge is 0.258 e. The van der Waals surface area contributed by atoms with Gasteiger partial charge in [-0.05, 0) is 30.3 Å². The summed E-state index contributed by atoms with van der Waals surface area (Å²) in [5, 5.41) is 2.53. The second kappa shape index (κ2) is 4.61. The van der Waals surface area contributed by atoms with Crippen molar-refractivity contribution in [1.82, 2.24) is 4.98 Å². The molecule has 0 radical (unpaired) electrons. The summed E-state index contributed by atoms with van der Waals surface area (Å²) < 4.78 is 13.4. The predicted molar refractivity (Wildman–Crippen MR) is 63.0 cm³/mol. The Kier molecular flexibility index (Phi) is 3.00. The van der Waals surface area contributed by atoms with Crippen molar-refractivity contribution in [3.05, 3.63) is 54.1 Å². The molecule has 2 aromatic rings. The summed E-state index contributed by atoms with van der Waals surface area (Å²) >= 11 is 0. The van der Waals surface area contributed by atoms with Crippen LogP contribution in [0.15, 0.2) is 42.7 Å². The molecular formula is C12H10FN3O. The fourth-order valence-corrected chi connectivity index (χ4v) is 1.35. The summed E-state index contributed by atoms with van der Waals surface area (Å²) in [4.78, 5) is 15.6. The van der Waals surface area contributed by atoms with Crippen LogP contribution in [0.4, 0.5) is 15.8 Å². The monoisotopic (exact) mass is 231 g/mol. The first-order valence-corrected chi connectivity index (χ1v) is 4.93. The highest BCUT2D eigenvalue weighted by Crippen LogP contribution is 2.14. The molecule has 0 spiro atoms. The fraction of sp³-hybridized carbons (Fsp3) is 0. The van der Waals surface area contributed by atoms with Crippen molar-refractivity contribution in [2.45, 2.75) is 0 Å². The van der Waals surface area contributed by atoms with Crippen LogP contribution in [0.1, 0.15) is 10.4 Å². The number of carbonyl (C=O) groups excluding carboxylic acids is 1. The average Bonchev–Trinajstić information content (AvgIpc) is 2.33. The summed E-state index contributed by atoms with van der Waals surface area (Å²) in [5.41, 5.74) is 6.25. The number of nitrogen functional groups attached to an aromatic ring is 1. The van der Waals surface area contributed by atoms with E-state index in [0.717, 1.165) is 6.07 Å². The van der Waals surface area contributed by atoms with E-state index in [0.29, 0.717) is 11.4 Å². The Morgan fingerprint density at radius 3 is 2.88 bits per heavy atom. The number of nitrogens with one attached hydrogen (secondary N) is 1. The van der Waals surface area contributed by atoms with Crippen molar-refractivity contribution in [2.75, 3.05) is 11.1 Å². The lowest BCUT2D eigenvalue weighted by Gasteiger charge is -2.06. The van der Waals surface area contributed by atoms with Gasteiger partial charge in [-0.2, -0.15) is 0 Å². The van der Waals surface area contributed by atoms with E-state index >= 15 is 0 Å². The average molecular weight is 231 g/mol. The van der Waals surface area contributed by atoms with Crippen LogP contribution in [0.3, 0.4) is 0 Å². The van der Waals surface area contributed by atoms with Gasteiger partial charge in [0.2, 0.25) is 0 Å². The van der Waals surface area contributed by atoms with Gasteiger partial charge < -0.3 is 11.1 Å². The van der Waals surface area contributed by atoms with Crippen LogP contribution in [0, 0.1) is 5.82 Å². The van der Waals surface area contributed by atoms with Gasteiger partial charge in [-0.15, -0.1) is 0 Å². The molecule has 0 aliphatic carbocycles. The lowest BCUT2D eigenvalue weighted by Crippen LogP contribution is -2.14. The van der Waals surface area contributed by atoms with Crippen LogP contribution in [-0.2, 0) is 0 Å². The van der Waals surface area contributed by atoms with Gasteiger partial charge in [0.05, 0.1) is 17.4 Å². The quantitative estimate of drug-likeness (QED) is 0.777. The van der Waals surface area contributed by atoms with E-state index in [2.05, 4.69) is 10.3 Å². The van der Waals surface area contributed by atoms with Crippen molar-refractivity contribution in [1.29, 1.82) is 0 Å². The van der Waals surface area contributed by atoms with Gasteiger partial charge in [0, 0.05) is 11.9 Å². The Labute approximate surface area is 97.3 Å². The summed E-state index contributed by atoms with van der Waals surface area (Å²) in [6, 6.07) is 7.19. The number of pyridine rings is 1. The van der Waals surface area contributed by atoms with E-state index in [1.165, 1.54) is 18.3 Å². The van der Waals surface area contributed by atoms with E-state index < -0.39 is 11.7 Å². The van der Waals surface area contributed by atoms with Crippen molar-refractivity contribution < 1.29 is 9.18 Å². The molecule has 17 heavy (non-hydrogen) atoms. The van der Waals surface area contributed by atoms with Crippen molar-refractivity contribution in [3.8, 4) is 0 Å². The van der Waals surface area contributed by atoms with Crippen LogP contribution < -0.4 is 11.1 Å². The maximum absolute atomic E-state index is 13.4. The number of hydrogen-bond donors (Lipinski definition) is 2. The van der Waals surface area contributed by atoms with Gasteiger partial charge in [0.25, 0.3) is 5.91 Å². The highest BCUT2D eigenvalue weighted by atomic mass is 19.1. The highest BCUT2D eigenvalue weighted by Gasteiger charge is 2.12. The Morgan fingerprint density at radius 1 is 1.35 bits per heavy atom. The number of aromatic nitrogens is 1. The molecule has 3 N–H and O–H groups in total. The normalized spacial score (nSPS) is 9.94. The van der Waals surface area contributed by atoms with Gasteiger partial charge in [0.15, 0.2) is 0 Å². The van der Waals surface area contributed by atoms with E-state index in [1.54, 1.807) is 18.3 Å². The Bertz CT molecular complexity index is 543. The van der Waals surface area contributed by atoms with Gasteiger partial charge in [0.1, 0.15) is 5.82 Å². The number of amides is 1. The standard InChI is InChI=1S/C12H10FN3O/c13-11-4-3-8(14)6-10(11)12(17)16-9-2-1-5-15-7-9/h1-7H,14H2,(H,16,17). The molecule has 1 aromatic carbocycles. The van der Waals surface area contributed by atoms with Gasteiger partial charge in [-0.3, -0.25) is 9.78 Å². The second-order valence-electron chi connectivity index (χ2n) is 3.44. The van der Waals surface area contributed by atoms with Crippen molar-refractivity contribution in [2.24, 2.45) is 0 Å². The molecule has 2 rings (SSSR count). The van der Waals surface area contributed by atoms with Crippen LogP contribution in [0.25, 0.3) is 0 Å². The first-order chi connectivity index (χ1) is 8.16. The third kappa shape index (κ3) is 2.57. The van der Waals surface area contributed by atoms with Crippen LogP contribution in [-0.4, -0.2) is 10.9 Å². The number of anilines is 2. The van der Waals surface area contributed by atoms with Crippen LogP contribution >= 0.6 is 0 Å². The Hall–Kier alpha value is -2.43. The predicted octanol–water partition coefficient (Wildman–Crippen LogP) is 2.06. The topological polar surface area (TPSA) is 68.0 Å². The molecule has 0 saturated carbocycles. The first-order valence-electron chi connectivity index (χ1n) is 4.93. The molecule has 0 fully saturated rings. The molecule has 0 unspecified atom stereocenters. The molecule has 0 saturated heterocycles. The van der Waals surface area contributed by atoms with Gasteiger partial charge in [-0.1, -0.05) is 0 Å². The summed E-state index contributed by atoms with van der Waals surface area (Å²) in [7, 11) is 0. The number of halogens is 1. The molecule has 1 heterocycles. The van der Waals surface area contributed by atoms with Gasteiger partial charge >= 0.3 is 0 Å². The highest BCUT2D eigenvalue weighted by molar-refractivity contribution is 6.04. The number of rotatable bonds is 2. The third-order valence-electron chi connectivity index (χ3n) is 2.15. The molecule has 0 bridgehead atoms. The minimum absolute atomic E-state index is 0.0890. The first kappa shape index (κ1) is 11.1. The van der Waals surface area contributed by atoms with Crippen molar-refractivity contribution in [3.63, 3.8) is 0 Å². The molecule has 0 aliphatic rings. The lowest BCUT2D eigenvalue weighted by molar-refractivity contribution is 0.102. The van der Waals surface area contributed by atoms with E-state index in [-0.39, 0.29) is 5.56 Å². The molecule has 0 aliphatic heterocycles. The lowest BCUT2D eigenvalue weighted by atomic mass is 10.1. The summed E-state index contributed by atoms with van der Waals surface area (Å²) in [6.45, 7) is 0. The van der Waals surface area contributed by atoms with Crippen molar-refractivity contribution >= 4 is 17.3 Å².